The van der Waals surface area contributed by atoms with Crippen LogP contribution in [-0.2, 0) is 0 Å². The van der Waals surface area contributed by atoms with E-state index in [9.17, 15) is 0 Å². The molecular weight excluding hydrogens is 214 g/mol. The van der Waals surface area contributed by atoms with Crippen molar-refractivity contribution in [2.45, 2.75) is 39.2 Å². The van der Waals surface area contributed by atoms with Gasteiger partial charge in [-0.25, -0.2) is 0 Å². The lowest BCUT2D eigenvalue weighted by atomic mass is 9.92. The molecule has 0 aliphatic heterocycles. The van der Waals surface area contributed by atoms with Crippen LogP contribution >= 0.6 is 0 Å². The van der Waals surface area contributed by atoms with Crippen molar-refractivity contribution in [1.29, 1.82) is 0 Å². The molecule has 0 aliphatic rings. The number of nitrogens with two attached hydrogens (primary N) is 1. The van der Waals surface area contributed by atoms with Crippen molar-refractivity contribution in [1.82, 2.24) is 4.98 Å². The summed E-state index contributed by atoms with van der Waals surface area (Å²) in [7, 11) is 1.65. The number of pyridine rings is 1. The third kappa shape index (κ3) is 3.09. The molecule has 96 valence electrons. The van der Waals surface area contributed by atoms with E-state index < -0.39 is 0 Å². The van der Waals surface area contributed by atoms with Crippen molar-refractivity contribution >= 4 is 5.69 Å². The molecule has 1 heterocycles. The van der Waals surface area contributed by atoms with Gasteiger partial charge in [0, 0.05) is 17.8 Å². The van der Waals surface area contributed by atoms with Gasteiger partial charge in [0.1, 0.15) is 0 Å². The minimum Gasteiger partial charge on any atom is -0.493 e. The standard InChI is InChI=1S/C13H23N3O/c1-5-13(6-2,9-14)16-11-7-10(3)15-8-12(11)17-4/h7-8H,5-6,9,14H2,1-4H3,(H,15,16). The van der Waals surface area contributed by atoms with Crippen LogP contribution in [0.25, 0.3) is 0 Å². The van der Waals surface area contributed by atoms with Crippen molar-refractivity contribution in [2.75, 3.05) is 19.0 Å². The van der Waals surface area contributed by atoms with E-state index >= 15 is 0 Å². The highest BCUT2D eigenvalue weighted by Crippen LogP contribution is 2.29. The summed E-state index contributed by atoms with van der Waals surface area (Å²) >= 11 is 0. The number of nitrogens with zero attached hydrogens (tertiary/aromatic N) is 1. The molecule has 0 aliphatic carbocycles. The van der Waals surface area contributed by atoms with Gasteiger partial charge in [-0.1, -0.05) is 13.8 Å². The average molecular weight is 237 g/mol. The maximum atomic E-state index is 5.89. The predicted octanol–water partition coefficient (Wildman–Crippen LogP) is 2.33. The molecule has 0 saturated heterocycles. The van der Waals surface area contributed by atoms with Crippen molar-refractivity contribution in [3.63, 3.8) is 0 Å². The lowest BCUT2D eigenvalue weighted by molar-refractivity contribution is 0.406. The zero-order valence-corrected chi connectivity index (χ0v) is 11.2. The molecule has 17 heavy (non-hydrogen) atoms. The van der Waals surface area contributed by atoms with E-state index in [1.165, 1.54) is 0 Å². The Labute approximate surface area is 104 Å². The molecule has 0 bridgehead atoms. The number of nitrogens with one attached hydrogen (secondary N) is 1. The first-order valence-corrected chi connectivity index (χ1v) is 6.09. The third-order valence-electron chi connectivity index (χ3n) is 3.37. The highest BCUT2D eigenvalue weighted by molar-refractivity contribution is 5.57. The first-order chi connectivity index (χ1) is 8.10. The van der Waals surface area contributed by atoms with Crippen LogP contribution in [0, 0.1) is 6.92 Å². The molecule has 0 unspecified atom stereocenters. The largest absolute Gasteiger partial charge is 0.493 e. The van der Waals surface area contributed by atoms with Crippen LogP contribution in [0.5, 0.6) is 5.75 Å². The van der Waals surface area contributed by atoms with Crippen LogP contribution in [0.2, 0.25) is 0 Å². The Hall–Kier alpha value is -1.29. The van der Waals surface area contributed by atoms with E-state index in [4.69, 9.17) is 10.5 Å². The minimum atomic E-state index is -0.0684. The first kappa shape index (κ1) is 13.8. The van der Waals surface area contributed by atoms with Gasteiger partial charge < -0.3 is 15.8 Å². The van der Waals surface area contributed by atoms with Gasteiger partial charge in [-0.3, -0.25) is 4.98 Å². The summed E-state index contributed by atoms with van der Waals surface area (Å²) in [5.74, 6) is 0.760. The smallest absolute Gasteiger partial charge is 0.160 e. The van der Waals surface area contributed by atoms with Gasteiger partial charge in [0.25, 0.3) is 0 Å². The second-order valence-electron chi connectivity index (χ2n) is 4.34. The fraction of sp³-hybridized carbons (Fsp3) is 0.615. The maximum Gasteiger partial charge on any atom is 0.160 e. The van der Waals surface area contributed by atoms with Crippen LogP contribution < -0.4 is 15.8 Å². The number of ether oxygens (including phenoxy) is 1. The number of methoxy groups -OCH3 is 1. The Morgan fingerprint density at radius 1 is 1.41 bits per heavy atom. The Kier molecular flexibility index (Phi) is 4.75. The molecule has 0 fully saturated rings. The van der Waals surface area contributed by atoms with E-state index in [0.717, 1.165) is 30.0 Å². The van der Waals surface area contributed by atoms with Gasteiger partial charge in [0.15, 0.2) is 5.75 Å². The van der Waals surface area contributed by atoms with Gasteiger partial charge in [-0.2, -0.15) is 0 Å². The highest BCUT2D eigenvalue weighted by atomic mass is 16.5. The topological polar surface area (TPSA) is 60.2 Å². The Balaban J connectivity index is 3.03. The number of aryl methyl sites for hydroxylation is 1. The minimum absolute atomic E-state index is 0.0684. The number of rotatable bonds is 6. The summed E-state index contributed by atoms with van der Waals surface area (Å²) in [6.45, 7) is 6.85. The van der Waals surface area contributed by atoms with E-state index in [1.54, 1.807) is 13.3 Å². The van der Waals surface area contributed by atoms with Crippen LogP contribution in [0.3, 0.4) is 0 Å². The fourth-order valence-corrected chi connectivity index (χ4v) is 1.86. The maximum absolute atomic E-state index is 5.89. The molecule has 1 aromatic rings. The molecule has 0 radical (unpaired) electrons. The fourth-order valence-electron chi connectivity index (χ4n) is 1.86. The van der Waals surface area contributed by atoms with Crippen LogP contribution in [-0.4, -0.2) is 24.2 Å². The van der Waals surface area contributed by atoms with Crippen molar-refractivity contribution in [3.05, 3.63) is 18.0 Å². The van der Waals surface area contributed by atoms with Gasteiger partial charge in [0.05, 0.1) is 19.0 Å². The van der Waals surface area contributed by atoms with E-state index in [0.29, 0.717) is 6.54 Å². The lowest BCUT2D eigenvalue weighted by Gasteiger charge is -2.33. The van der Waals surface area contributed by atoms with Crippen LogP contribution in [0.15, 0.2) is 12.3 Å². The summed E-state index contributed by atoms with van der Waals surface area (Å²) in [4.78, 5) is 4.22. The van der Waals surface area contributed by atoms with Crippen molar-refractivity contribution < 1.29 is 4.74 Å². The average Bonchev–Trinajstić information content (AvgIpc) is 2.36. The molecule has 0 aromatic carbocycles. The molecule has 0 saturated carbocycles. The lowest BCUT2D eigenvalue weighted by Crippen LogP contribution is -2.44. The SMILES string of the molecule is CCC(CC)(CN)Nc1cc(C)ncc1OC. The zero-order valence-electron chi connectivity index (χ0n) is 11.2. The molecule has 1 aromatic heterocycles. The van der Waals surface area contributed by atoms with Gasteiger partial charge >= 0.3 is 0 Å². The number of hydrogen-bond acceptors (Lipinski definition) is 4. The van der Waals surface area contributed by atoms with Gasteiger partial charge in [-0.15, -0.1) is 0 Å². The molecule has 0 atom stereocenters. The third-order valence-corrected chi connectivity index (χ3v) is 3.37. The summed E-state index contributed by atoms with van der Waals surface area (Å²) in [5, 5.41) is 3.51. The molecule has 3 N–H and O–H groups in total. The number of anilines is 1. The second kappa shape index (κ2) is 5.87. The predicted molar refractivity (Wildman–Crippen MR) is 71.5 cm³/mol. The Morgan fingerprint density at radius 3 is 2.53 bits per heavy atom. The molecule has 4 nitrogen and oxygen atoms in total. The summed E-state index contributed by atoms with van der Waals surface area (Å²) in [6.07, 6.45) is 3.69. The summed E-state index contributed by atoms with van der Waals surface area (Å²) < 4.78 is 5.31. The van der Waals surface area contributed by atoms with Crippen molar-refractivity contribution in [2.24, 2.45) is 5.73 Å². The van der Waals surface area contributed by atoms with E-state index in [2.05, 4.69) is 24.1 Å². The number of aromatic nitrogens is 1. The second-order valence-corrected chi connectivity index (χ2v) is 4.34. The van der Waals surface area contributed by atoms with Crippen LogP contribution in [0.4, 0.5) is 5.69 Å². The van der Waals surface area contributed by atoms with Crippen LogP contribution in [0.1, 0.15) is 32.4 Å². The quantitative estimate of drug-likeness (QED) is 0.797. The first-order valence-electron chi connectivity index (χ1n) is 6.09. The monoisotopic (exact) mass is 237 g/mol. The normalized spacial score (nSPS) is 11.4. The molecular formula is C13H23N3O. The van der Waals surface area contributed by atoms with Crippen molar-refractivity contribution in [3.8, 4) is 5.75 Å². The summed E-state index contributed by atoms with van der Waals surface area (Å²) in [5.41, 5.74) is 7.75. The summed E-state index contributed by atoms with van der Waals surface area (Å²) in [6, 6.07) is 1.99. The van der Waals surface area contributed by atoms with E-state index in [-0.39, 0.29) is 5.54 Å². The van der Waals surface area contributed by atoms with Gasteiger partial charge in [-0.05, 0) is 25.8 Å². The Morgan fingerprint density at radius 2 is 2.06 bits per heavy atom. The number of hydrogen-bond donors (Lipinski definition) is 2. The molecule has 0 spiro atoms. The molecule has 0 amide bonds. The Bertz CT molecular complexity index is 353. The highest BCUT2D eigenvalue weighted by Gasteiger charge is 2.25. The molecule has 1 rings (SSSR count). The van der Waals surface area contributed by atoms with Gasteiger partial charge in [0.2, 0.25) is 0 Å². The zero-order chi connectivity index (χ0) is 12.9. The molecule has 4 heteroatoms. The van der Waals surface area contributed by atoms with E-state index in [1.807, 2.05) is 13.0 Å².